The Morgan fingerprint density at radius 3 is 2.35 bits per heavy atom. The molecule has 2 aromatic carbocycles. The fourth-order valence-corrected chi connectivity index (χ4v) is 4.40. The molecule has 136 valence electrons. The van der Waals surface area contributed by atoms with Gasteiger partial charge in [0.25, 0.3) is 11.7 Å². The van der Waals surface area contributed by atoms with Crippen LogP contribution in [0.1, 0.15) is 12.0 Å². The second-order valence-electron chi connectivity index (χ2n) is 6.01. The Bertz CT molecular complexity index is 962. The summed E-state index contributed by atoms with van der Waals surface area (Å²) in [6.07, 6.45) is 0.675. The maximum atomic E-state index is 13.0. The van der Waals surface area contributed by atoms with E-state index in [9.17, 15) is 13.2 Å². The molecule has 26 heavy (non-hydrogen) atoms. The van der Waals surface area contributed by atoms with Crippen LogP contribution in [-0.4, -0.2) is 34.6 Å². The van der Waals surface area contributed by atoms with Crippen LogP contribution in [0.4, 0.5) is 5.69 Å². The molecule has 0 saturated carbocycles. The Morgan fingerprint density at radius 2 is 1.69 bits per heavy atom. The van der Waals surface area contributed by atoms with Gasteiger partial charge in [0.05, 0.1) is 35.8 Å². The minimum absolute atomic E-state index is 0.0649. The molecule has 1 fully saturated rings. The van der Waals surface area contributed by atoms with Crippen molar-refractivity contribution < 1.29 is 27.4 Å². The standard InChI is InChI=1S/C18H17NO6S/c1-23-12-3-5-13(6-4-12)26(21,22)14-7-8-16-15(11-14)18(17(20)19-16)24-9-2-10-25-18/h3-8,11H,2,9-10H2,1H3,(H,19,20). The van der Waals surface area contributed by atoms with Crippen molar-refractivity contribution in [3.63, 3.8) is 0 Å². The molecule has 1 N–H and O–H groups in total. The summed E-state index contributed by atoms with van der Waals surface area (Å²) < 4.78 is 42.2. The third-order valence-electron chi connectivity index (χ3n) is 4.47. The fraction of sp³-hybridized carbons (Fsp3) is 0.278. The van der Waals surface area contributed by atoms with Gasteiger partial charge in [0.2, 0.25) is 9.84 Å². The molecule has 2 heterocycles. The monoisotopic (exact) mass is 375 g/mol. The molecule has 0 bridgehead atoms. The molecule has 2 aliphatic rings. The lowest BCUT2D eigenvalue weighted by Crippen LogP contribution is -2.43. The van der Waals surface area contributed by atoms with Gasteiger partial charge in [0, 0.05) is 5.56 Å². The summed E-state index contributed by atoms with van der Waals surface area (Å²) in [6.45, 7) is 0.727. The molecule has 0 atom stereocenters. The van der Waals surface area contributed by atoms with Crippen LogP contribution in [0.3, 0.4) is 0 Å². The lowest BCUT2D eigenvalue weighted by atomic mass is 10.1. The number of nitrogens with one attached hydrogen (secondary N) is 1. The van der Waals surface area contributed by atoms with Crippen molar-refractivity contribution in [2.45, 2.75) is 22.0 Å². The molecule has 7 nitrogen and oxygen atoms in total. The molecule has 0 aliphatic carbocycles. The van der Waals surface area contributed by atoms with Gasteiger partial charge >= 0.3 is 0 Å². The summed E-state index contributed by atoms with van der Waals surface area (Å²) in [5, 5.41) is 2.69. The predicted octanol–water partition coefficient (Wildman–Crippen LogP) is 2.07. The normalized spacial score (nSPS) is 18.4. The van der Waals surface area contributed by atoms with E-state index in [0.29, 0.717) is 36.6 Å². The number of amides is 1. The minimum atomic E-state index is -3.76. The van der Waals surface area contributed by atoms with Gasteiger partial charge in [-0.2, -0.15) is 0 Å². The highest BCUT2D eigenvalue weighted by Crippen LogP contribution is 2.43. The van der Waals surface area contributed by atoms with E-state index in [1.165, 1.54) is 31.4 Å². The zero-order valence-electron chi connectivity index (χ0n) is 14.0. The largest absolute Gasteiger partial charge is 0.497 e. The predicted molar refractivity (Wildman–Crippen MR) is 91.7 cm³/mol. The SMILES string of the molecule is COc1ccc(S(=O)(=O)c2ccc3c(c2)C2(OCCCO2)C(=O)N3)cc1. The number of hydrogen-bond donors (Lipinski definition) is 1. The van der Waals surface area contributed by atoms with E-state index < -0.39 is 21.5 Å². The van der Waals surface area contributed by atoms with E-state index in [1.54, 1.807) is 18.2 Å². The molecule has 2 aliphatic heterocycles. The Kier molecular flexibility index (Phi) is 3.98. The summed E-state index contributed by atoms with van der Waals surface area (Å²) >= 11 is 0. The fourth-order valence-electron chi connectivity index (χ4n) is 3.11. The first kappa shape index (κ1) is 17.0. The van der Waals surface area contributed by atoms with Crippen molar-refractivity contribution in [3.8, 4) is 5.75 Å². The second-order valence-corrected chi connectivity index (χ2v) is 7.96. The summed E-state index contributed by atoms with van der Waals surface area (Å²) in [5.41, 5.74) is 0.877. The molecule has 1 saturated heterocycles. The van der Waals surface area contributed by atoms with Crippen LogP contribution >= 0.6 is 0 Å². The van der Waals surface area contributed by atoms with Crippen LogP contribution in [0.25, 0.3) is 0 Å². The first-order valence-electron chi connectivity index (χ1n) is 8.10. The number of fused-ring (bicyclic) bond motifs is 2. The molecule has 0 unspecified atom stereocenters. The summed E-state index contributed by atoms with van der Waals surface area (Å²) in [4.78, 5) is 12.6. The Balaban J connectivity index is 1.78. The lowest BCUT2D eigenvalue weighted by Gasteiger charge is -2.31. The van der Waals surface area contributed by atoms with E-state index in [-0.39, 0.29) is 9.79 Å². The zero-order chi connectivity index (χ0) is 18.4. The number of anilines is 1. The topological polar surface area (TPSA) is 90.9 Å². The number of ether oxygens (including phenoxy) is 3. The van der Waals surface area contributed by atoms with Crippen LogP contribution < -0.4 is 10.1 Å². The number of carbonyl (C=O) groups excluding carboxylic acids is 1. The average molecular weight is 375 g/mol. The van der Waals surface area contributed by atoms with Crippen molar-refractivity contribution in [2.24, 2.45) is 0 Å². The van der Waals surface area contributed by atoms with Gasteiger partial charge in [0.15, 0.2) is 0 Å². The van der Waals surface area contributed by atoms with Gasteiger partial charge in [-0.3, -0.25) is 4.79 Å². The smallest absolute Gasteiger partial charge is 0.289 e. The summed E-state index contributed by atoms with van der Waals surface area (Å²) in [7, 11) is -2.25. The molecule has 2 aromatic rings. The van der Waals surface area contributed by atoms with Crippen molar-refractivity contribution in [1.82, 2.24) is 0 Å². The van der Waals surface area contributed by atoms with Crippen LogP contribution in [-0.2, 0) is 29.9 Å². The van der Waals surface area contributed by atoms with Crippen LogP contribution in [0.15, 0.2) is 52.3 Å². The van der Waals surface area contributed by atoms with E-state index >= 15 is 0 Å². The minimum Gasteiger partial charge on any atom is -0.497 e. The Hall–Kier alpha value is -2.42. The van der Waals surface area contributed by atoms with Gasteiger partial charge in [-0.15, -0.1) is 0 Å². The third kappa shape index (κ3) is 2.49. The molecule has 4 rings (SSSR count). The Labute approximate surface area is 150 Å². The highest BCUT2D eigenvalue weighted by molar-refractivity contribution is 7.91. The summed E-state index contributed by atoms with van der Waals surface area (Å²) in [6, 6.07) is 10.6. The highest BCUT2D eigenvalue weighted by atomic mass is 32.2. The number of hydrogen-bond acceptors (Lipinski definition) is 6. The van der Waals surface area contributed by atoms with E-state index in [1.807, 2.05) is 0 Å². The van der Waals surface area contributed by atoms with Crippen molar-refractivity contribution in [3.05, 3.63) is 48.0 Å². The van der Waals surface area contributed by atoms with Crippen molar-refractivity contribution in [1.29, 1.82) is 0 Å². The highest BCUT2D eigenvalue weighted by Gasteiger charge is 2.51. The van der Waals surface area contributed by atoms with Gasteiger partial charge in [-0.05, 0) is 48.9 Å². The van der Waals surface area contributed by atoms with Gasteiger partial charge in [0.1, 0.15) is 5.75 Å². The molecule has 8 heteroatoms. The molecule has 1 amide bonds. The van der Waals surface area contributed by atoms with Gasteiger partial charge < -0.3 is 19.5 Å². The Morgan fingerprint density at radius 1 is 1.04 bits per heavy atom. The quantitative estimate of drug-likeness (QED) is 0.883. The van der Waals surface area contributed by atoms with E-state index in [0.717, 1.165) is 0 Å². The van der Waals surface area contributed by atoms with E-state index in [2.05, 4.69) is 5.32 Å². The number of carbonyl (C=O) groups is 1. The summed E-state index contributed by atoms with van der Waals surface area (Å²) in [5.74, 6) is -1.44. The van der Waals surface area contributed by atoms with Crippen LogP contribution in [0.5, 0.6) is 5.75 Å². The lowest BCUT2D eigenvalue weighted by molar-refractivity contribution is -0.255. The van der Waals surface area contributed by atoms with Gasteiger partial charge in [-0.25, -0.2) is 8.42 Å². The molecular formula is C18H17NO6S. The molecular weight excluding hydrogens is 358 g/mol. The zero-order valence-corrected chi connectivity index (χ0v) is 14.8. The molecule has 1 spiro atoms. The molecule has 0 radical (unpaired) electrons. The second kappa shape index (κ2) is 6.08. The first-order valence-corrected chi connectivity index (χ1v) is 9.59. The number of sulfone groups is 1. The van der Waals surface area contributed by atoms with Crippen molar-refractivity contribution >= 4 is 21.4 Å². The van der Waals surface area contributed by atoms with Crippen LogP contribution in [0.2, 0.25) is 0 Å². The van der Waals surface area contributed by atoms with Crippen molar-refractivity contribution in [2.75, 3.05) is 25.6 Å². The number of rotatable bonds is 3. The first-order chi connectivity index (χ1) is 12.5. The number of benzene rings is 2. The third-order valence-corrected chi connectivity index (χ3v) is 6.24. The van der Waals surface area contributed by atoms with Gasteiger partial charge in [-0.1, -0.05) is 0 Å². The maximum Gasteiger partial charge on any atom is 0.289 e. The number of methoxy groups -OCH3 is 1. The maximum absolute atomic E-state index is 13.0. The molecule has 0 aromatic heterocycles. The average Bonchev–Trinajstić information content (AvgIpc) is 2.93. The van der Waals surface area contributed by atoms with E-state index in [4.69, 9.17) is 14.2 Å². The van der Waals surface area contributed by atoms with Crippen LogP contribution in [0, 0.1) is 0 Å².